The van der Waals surface area contributed by atoms with Crippen LogP contribution in [0.25, 0.3) is 0 Å². The molecule has 0 radical (unpaired) electrons. The van der Waals surface area contributed by atoms with Crippen LogP contribution in [-0.2, 0) is 0 Å². The molecule has 0 aromatic carbocycles. The zero-order valence-corrected chi connectivity index (χ0v) is 11.0. The van der Waals surface area contributed by atoms with Gasteiger partial charge in [-0.3, -0.25) is 4.90 Å². The van der Waals surface area contributed by atoms with E-state index in [2.05, 4.69) is 24.1 Å². The Bertz CT molecular complexity index is 201. The molecule has 0 spiro atoms. The van der Waals surface area contributed by atoms with Gasteiger partial charge in [0.2, 0.25) is 0 Å². The Morgan fingerprint density at radius 2 is 2.00 bits per heavy atom. The van der Waals surface area contributed by atoms with Gasteiger partial charge in [0.05, 0.1) is 0 Å². The summed E-state index contributed by atoms with van der Waals surface area (Å²) in [5, 5.41) is 3.68. The molecular weight excluding hydrogens is 196 g/mol. The van der Waals surface area contributed by atoms with Gasteiger partial charge in [-0.15, -0.1) is 0 Å². The smallest absolute Gasteiger partial charge is 0.0195 e. The van der Waals surface area contributed by atoms with E-state index in [0.29, 0.717) is 0 Å². The van der Waals surface area contributed by atoms with Crippen LogP contribution in [0.5, 0.6) is 0 Å². The van der Waals surface area contributed by atoms with Crippen molar-refractivity contribution in [2.24, 2.45) is 0 Å². The van der Waals surface area contributed by atoms with Crippen LogP contribution in [0.2, 0.25) is 0 Å². The van der Waals surface area contributed by atoms with Gasteiger partial charge < -0.3 is 5.32 Å². The predicted octanol–water partition coefficient (Wildman–Crippen LogP) is 2.78. The summed E-state index contributed by atoms with van der Waals surface area (Å²) in [5.41, 5.74) is 0. The summed E-state index contributed by atoms with van der Waals surface area (Å²) in [5.74, 6) is 0. The van der Waals surface area contributed by atoms with Crippen molar-refractivity contribution < 1.29 is 0 Å². The second-order valence-corrected chi connectivity index (χ2v) is 5.68. The molecule has 1 aliphatic carbocycles. The quantitative estimate of drug-likeness (QED) is 0.772. The Labute approximate surface area is 101 Å². The van der Waals surface area contributed by atoms with Crippen molar-refractivity contribution in [3.8, 4) is 0 Å². The Morgan fingerprint density at radius 1 is 1.19 bits per heavy atom. The number of rotatable bonds is 5. The van der Waals surface area contributed by atoms with Gasteiger partial charge >= 0.3 is 0 Å². The Balaban J connectivity index is 1.81. The molecule has 2 aliphatic rings. The van der Waals surface area contributed by atoms with Gasteiger partial charge in [-0.2, -0.15) is 0 Å². The van der Waals surface area contributed by atoms with Crippen molar-refractivity contribution in [1.82, 2.24) is 10.2 Å². The number of nitrogens with one attached hydrogen (secondary N) is 1. The predicted molar refractivity (Wildman–Crippen MR) is 69.7 cm³/mol. The van der Waals surface area contributed by atoms with Gasteiger partial charge in [-0.25, -0.2) is 0 Å². The molecule has 2 fully saturated rings. The molecule has 0 amide bonds. The van der Waals surface area contributed by atoms with Crippen LogP contribution in [0.15, 0.2) is 0 Å². The fraction of sp³-hybridized carbons (Fsp3) is 1.00. The van der Waals surface area contributed by atoms with Gasteiger partial charge in [0.1, 0.15) is 0 Å². The molecule has 2 atom stereocenters. The minimum atomic E-state index is 0.726. The molecule has 2 nitrogen and oxygen atoms in total. The van der Waals surface area contributed by atoms with Crippen molar-refractivity contribution in [1.29, 1.82) is 0 Å². The summed E-state index contributed by atoms with van der Waals surface area (Å²) in [6.45, 7) is 7.28. The molecule has 1 N–H and O–H groups in total. The lowest BCUT2D eigenvalue weighted by molar-refractivity contribution is 0.140. The third-order valence-corrected chi connectivity index (χ3v) is 4.24. The first-order valence-electron chi connectivity index (χ1n) is 7.30. The van der Waals surface area contributed by atoms with Crippen LogP contribution in [0, 0.1) is 0 Å². The standard InChI is InChI=1S/C14H28N2/c1-3-14-7-5-4-6-10-16(14)12(2)11-15-13-8-9-13/h12-15H,3-11H2,1-2H3. The van der Waals surface area contributed by atoms with E-state index in [-0.39, 0.29) is 0 Å². The Kier molecular flexibility index (Phi) is 4.66. The van der Waals surface area contributed by atoms with Crippen LogP contribution in [-0.4, -0.2) is 36.1 Å². The molecule has 0 aromatic heterocycles. The molecule has 0 bridgehead atoms. The molecular formula is C14H28N2. The summed E-state index contributed by atoms with van der Waals surface area (Å²) in [6.07, 6.45) is 9.85. The number of hydrogen-bond acceptors (Lipinski definition) is 2. The average Bonchev–Trinajstić information content (AvgIpc) is 3.12. The molecule has 2 heteroatoms. The maximum absolute atomic E-state index is 3.68. The van der Waals surface area contributed by atoms with Crippen molar-refractivity contribution in [2.45, 2.75) is 76.9 Å². The van der Waals surface area contributed by atoms with Gasteiger partial charge in [-0.05, 0) is 45.6 Å². The molecule has 16 heavy (non-hydrogen) atoms. The fourth-order valence-corrected chi connectivity index (χ4v) is 2.96. The van der Waals surface area contributed by atoms with E-state index in [1.807, 2.05) is 0 Å². The van der Waals surface area contributed by atoms with Crippen molar-refractivity contribution in [2.75, 3.05) is 13.1 Å². The van der Waals surface area contributed by atoms with Gasteiger partial charge in [0.15, 0.2) is 0 Å². The first-order valence-corrected chi connectivity index (χ1v) is 7.30. The van der Waals surface area contributed by atoms with Crippen LogP contribution in [0.3, 0.4) is 0 Å². The van der Waals surface area contributed by atoms with E-state index in [9.17, 15) is 0 Å². The van der Waals surface area contributed by atoms with E-state index < -0.39 is 0 Å². The molecule has 1 saturated heterocycles. The van der Waals surface area contributed by atoms with Gasteiger partial charge in [-0.1, -0.05) is 19.8 Å². The second kappa shape index (κ2) is 6.02. The normalized spacial score (nSPS) is 30.0. The van der Waals surface area contributed by atoms with Crippen LogP contribution in [0.1, 0.15) is 58.8 Å². The SMILES string of the molecule is CCC1CCCCCN1C(C)CNC1CC1. The summed E-state index contributed by atoms with van der Waals surface area (Å²) < 4.78 is 0. The van der Waals surface area contributed by atoms with E-state index in [4.69, 9.17) is 0 Å². The van der Waals surface area contributed by atoms with E-state index in [1.54, 1.807) is 0 Å². The lowest BCUT2D eigenvalue weighted by atomic mass is 10.1. The molecule has 1 aliphatic heterocycles. The van der Waals surface area contributed by atoms with Crippen LogP contribution in [0.4, 0.5) is 0 Å². The maximum atomic E-state index is 3.68. The van der Waals surface area contributed by atoms with Crippen molar-refractivity contribution in [3.63, 3.8) is 0 Å². The zero-order valence-electron chi connectivity index (χ0n) is 11.0. The van der Waals surface area contributed by atoms with E-state index in [0.717, 1.165) is 18.1 Å². The number of hydrogen-bond donors (Lipinski definition) is 1. The third kappa shape index (κ3) is 3.46. The van der Waals surface area contributed by atoms with Crippen LogP contribution >= 0.6 is 0 Å². The Morgan fingerprint density at radius 3 is 2.69 bits per heavy atom. The topological polar surface area (TPSA) is 15.3 Å². The minimum Gasteiger partial charge on any atom is -0.312 e. The molecule has 94 valence electrons. The van der Waals surface area contributed by atoms with Gasteiger partial charge in [0.25, 0.3) is 0 Å². The monoisotopic (exact) mass is 224 g/mol. The third-order valence-electron chi connectivity index (χ3n) is 4.24. The molecule has 2 rings (SSSR count). The van der Waals surface area contributed by atoms with Crippen molar-refractivity contribution in [3.05, 3.63) is 0 Å². The molecule has 1 saturated carbocycles. The maximum Gasteiger partial charge on any atom is 0.0195 e. The first kappa shape index (κ1) is 12.4. The highest BCUT2D eigenvalue weighted by molar-refractivity contribution is 4.85. The highest BCUT2D eigenvalue weighted by Crippen LogP contribution is 2.22. The van der Waals surface area contributed by atoms with E-state index in [1.165, 1.54) is 58.0 Å². The first-order chi connectivity index (χ1) is 7.81. The lowest BCUT2D eigenvalue weighted by Gasteiger charge is -2.35. The second-order valence-electron chi connectivity index (χ2n) is 5.68. The van der Waals surface area contributed by atoms with E-state index >= 15 is 0 Å². The fourth-order valence-electron chi connectivity index (χ4n) is 2.96. The minimum absolute atomic E-state index is 0.726. The summed E-state index contributed by atoms with van der Waals surface area (Å²) in [6, 6.07) is 2.43. The summed E-state index contributed by atoms with van der Waals surface area (Å²) in [7, 11) is 0. The van der Waals surface area contributed by atoms with Crippen LogP contribution < -0.4 is 5.32 Å². The summed E-state index contributed by atoms with van der Waals surface area (Å²) in [4.78, 5) is 2.77. The average molecular weight is 224 g/mol. The molecule has 0 aromatic rings. The Hall–Kier alpha value is -0.0800. The lowest BCUT2D eigenvalue weighted by Crippen LogP contribution is -2.46. The highest BCUT2D eigenvalue weighted by atomic mass is 15.2. The molecule has 2 unspecified atom stereocenters. The molecule has 1 heterocycles. The number of nitrogens with zero attached hydrogens (tertiary/aromatic N) is 1. The summed E-state index contributed by atoms with van der Waals surface area (Å²) >= 11 is 0. The highest BCUT2D eigenvalue weighted by Gasteiger charge is 2.26. The van der Waals surface area contributed by atoms with Gasteiger partial charge in [0, 0.05) is 24.7 Å². The van der Waals surface area contributed by atoms with Crippen molar-refractivity contribution >= 4 is 0 Å². The zero-order chi connectivity index (χ0) is 11.4. The number of likely N-dealkylation sites (tertiary alicyclic amines) is 1. The largest absolute Gasteiger partial charge is 0.312 e.